The molecule has 0 aliphatic carbocycles. The summed E-state index contributed by atoms with van der Waals surface area (Å²) in [7, 11) is 0. The molecule has 0 N–H and O–H groups in total. The minimum atomic E-state index is -0.510. The van der Waals surface area contributed by atoms with Crippen LogP contribution in [0.25, 0.3) is 33.5 Å². The monoisotopic (exact) mass is 516 g/mol. The Balaban J connectivity index is 1.71. The first kappa shape index (κ1) is 24.2. The van der Waals surface area contributed by atoms with Crippen molar-refractivity contribution in [3.8, 4) is 17.3 Å². The van der Waals surface area contributed by atoms with Gasteiger partial charge in [-0.3, -0.25) is 14.9 Å². The second kappa shape index (κ2) is 9.87. The van der Waals surface area contributed by atoms with Crippen LogP contribution in [0.4, 0.5) is 5.69 Å². The van der Waals surface area contributed by atoms with E-state index >= 15 is 0 Å². The van der Waals surface area contributed by atoms with Gasteiger partial charge < -0.3 is 9.15 Å². The Hall–Kier alpha value is -4.50. The van der Waals surface area contributed by atoms with E-state index in [2.05, 4.69) is 10.1 Å². The molecular formula is C27H21ClN4O5. The number of hydrogen-bond donors (Lipinski definition) is 0. The standard InChI is InChI=1S/C27H21ClN4O5/c1-3-16(2)36-25-17(7-6-10-22(25)32(34)35)15-29-31-26(30-21-9-5-4-8-20(21)27(31)33)24-14-18-13-19(28)11-12-23(18)37-24/h4-16H,3H2,1-2H3/t16-/m1/s1. The van der Waals surface area contributed by atoms with E-state index < -0.39 is 10.5 Å². The Bertz CT molecular complexity index is 1740. The van der Waals surface area contributed by atoms with E-state index in [1.807, 2.05) is 13.8 Å². The normalized spacial score (nSPS) is 12.4. The molecule has 0 spiro atoms. The number of ether oxygens (including phenoxy) is 1. The first-order valence-electron chi connectivity index (χ1n) is 11.6. The third-order valence-corrected chi connectivity index (χ3v) is 6.12. The Labute approximate surface area is 215 Å². The lowest BCUT2D eigenvalue weighted by atomic mass is 10.2. The van der Waals surface area contributed by atoms with Crippen LogP contribution in [0.15, 0.2) is 81.0 Å². The molecule has 2 aromatic heterocycles. The van der Waals surface area contributed by atoms with Gasteiger partial charge in [-0.2, -0.15) is 9.78 Å². The number of para-hydroxylation sites is 2. The third kappa shape index (κ3) is 4.68. The van der Waals surface area contributed by atoms with Gasteiger partial charge in [0.05, 0.1) is 28.1 Å². The highest BCUT2D eigenvalue weighted by Gasteiger charge is 2.21. The zero-order valence-corrected chi connectivity index (χ0v) is 20.7. The lowest BCUT2D eigenvalue weighted by molar-refractivity contribution is -0.386. The third-order valence-electron chi connectivity index (χ3n) is 5.88. The zero-order chi connectivity index (χ0) is 26.1. The topological polar surface area (TPSA) is 113 Å². The van der Waals surface area contributed by atoms with E-state index in [1.54, 1.807) is 54.6 Å². The summed E-state index contributed by atoms with van der Waals surface area (Å²) >= 11 is 6.13. The molecule has 5 rings (SSSR count). The van der Waals surface area contributed by atoms with Crippen molar-refractivity contribution in [3.05, 3.63) is 97.8 Å². The molecule has 5 aromatic rings. The average molecular weight is 517 g/mol. The number of fused-ring (bicyclic) bond motifs is 2. The number of benzene rings is 3. The molecule has 0 saturated heterocycles. The van der Waals surface area contributed by atoms with Crippen LogP contribution in [0, 0.1) is 10.1 Å². The maximum atomic E-state index is 13.5. The van der Waals surface area contributed by atoms with E-state index in [9.17, 15) is 14.9 Å². The number of nitro benzene ring substituents is 1. The first-order chi connectivity index (χ1) is 17.9. The highest BCUT2D eigenvalue weighted by molar-refractivity contribution is 6.31. The SMILES string of the molecule is CC[C@@H](C)Oc1c(C=Nn2c(-c3cc4cc(Cl)ccc4o3)nc3ccccc3c2=O)cccc1[N+](=O)[O-]. The molecule has 0 saturated carbocycles. The molecule has 0 aliphatic rings. The molecule has 9 nitrogen and oxygen atoms in total. The molecule has 2 heterocycles. The van der Waals surface area contributed by atoms with Crippen molar-refractivity contribution in [2.24, 2.45) is 5.10 Å². The Morgan fingerprint density at radius 2 is 2.00 bits per heavy atom. The number of rotatable bonds is 7. The Morgan fingerprint density at radius 1 is 1.19 bits per heavy atom. The first-order valence-corrected chi connectivity index (χ1v) is 11.9. The summed E-state index contributed by atoms with van der Waals surface area (Å²) in [5.41, 5.74) is 0.772. The fourth-order valence-electron chi connectivity index (χ4n) is 3.84. The lowest BCUT2D eigenvalue weighted by Crippen LogP contribution is -2.20. The Kier molecular flexibility index (Phi) is 6.45. The van der Waals surface area contributed by atoms with Gasteiger partial charge in [0.2, 0.25) is 11.6 Å². The molecule has 3 aromatic carbocycles. The van der Waals surface area contributed by atoms with Crippen molar-refractivity contribution >= 4 is 45.4 Å². The summed E-state index contributed by atoms with van der Waals surface area (Å²) < 4.78 is 13.0. The van der Waals surface area contributed by atoms with Gasteiger partial charge in [-0.05, 0) is 55.8 Å². The summed E-state index contributed by atoms with van der Waals surface area (Å²) in [5.74, 6) is 0.557. The fourth-order valence-corrected chi connectivity index (χ4v) is 4.02. The number of hydrogen-bond acceptors (Lipinski definition) is 7. The van der Waals surface area contributed by atoms with Crippen LogP contribution < -0.4 is 10.3 Å². The van der Waals surface area contributed by atoms with Crippen molar-refractivity contribution in [1.29, 1.82) is 0 Å². The molecule has 0 bridgehead atoms. The predicted molar refractivity (Wildman–Crippen MR) is 143 cm³/mol. The number of aromatic nitrogens is 2. The van der Waals surface area contributed by atoms with Crippen LogP contribution in [0.3, 0.4) is 0 Å². The number of halogens is 1. The molecular weight excluding hydrogens is 496 g/mol. The number of nitro groups is 1. The second-order valence-corrected chi connectivity index (χ2v) is 8.83. The van der Waals surface area contributed by atoms with Gasteiger partial charge >= 0.3 is 5.69 Å². The molecule has 10 heteroatoms. The molecule has 37 heavy (non-hydrogen) atoms. The minimum absolute atomic E-state index is 0.0762. The highest BCUT2D eigenvalue weighted by atomic mass is 35.5. The fraction of sp³-hybridized carbons (Fsp3) is 0.148. The number of furan rings is 1. The average Bonchev–Trinajstić information content (AvgIpc) is 3.31. The molecule has 1 atom stereocenters. The van der Waals surface area contributed by atoms with Crippen LogP contribution in [-0.2, 0) is 0 Å². The number of nitrogens with zero attached hydrogens (tertiary/aromatic N) is 4. The maximum absolute atomic E-state index is 13.5. The van der Waals surface area contributed by atoms with Crippen molar-refractivity contribution < 1.29 is 14.1 Å². The van der Waals surface area contributed by atoms with Crippen LogP contribution in [0.1, 0.15) is 25.8 Å². The van der Waals surface area contributed by atoms with Crippen LogP contribution in [0.2, 0.25) is 5.02 Å². The zero-order valence-electron chi connectivity index (χ0n) is 19.9. The Morgan fingerprint density at radius 3 is 2.78 bits per heavy atom. The van der Waals surface area contributed by atoms with Gasteiger partial charge in [0.25, 0.3) is 5.56 Å². The lowest BCUT2D eigenvalue weighted by Gasteiger charge is -2.14. The van der Waals surface area contributed by atoms with Crippen molar-refractivity contribution in [2.45, 2.75) is 26.4 Å². The van der Waals surface area contributed by atoms with Crippen LogP contribution in [0.5, 0.6) is 5.75 Å². The molecule has 0 amide bonds. The van der Waals surface area contributed by atoms with E-state index in [0.717, 1.165) is 10.1 Å². The molecule has 0 radical (unpaired) electrons. The summed E-state index contributed by atoms with van der Waals surface area (Å²) in [5, 5.41) is 17.7. The van der Waals surface area contributed by atoms with E-state index in [1.165, 1.54) is 18.3 Å². The van der Waals surface area contributed by atoms with E-state index in [0.29, 0.717) is 39.3 Å². The van der Waals surface area contributed by atoms with E-state index in [-0.39, 0.29) is 23.4 Å². The van der Waals surface area contributed by atoms with Gasteiger partial charge in [0, 0.05) is 22.0 Å². The predicted octanol–water partition coefficient (Wildman–Crippen LogP) is 6.43. The molecule has 0 aliphatic heterocycles. The van der Waals surface area contributed by atoms with Gasteiger partial charge in [0.1, 0.15) is 5.58 Å². The minimum Gasteiger partial charge on any atom is -0.483 e. The molecule has 0 unspecified atom stereocenters. The summed E-state index contributed by atoms with van der Waals surface area (Å²) in [6.45, 7) is 3.74. The van der Waals surface area contributed by atoms with Gasteiger partial charge in [-0.15, -0.1) is 0 Å². The summed E-state index contributed by atoms with van der Waals surface area (Å²) in [6, 6.07) is 18.4. The van der Waals surface area contributed by atoms with Crippen molar-refractivity contribution in [3.63, 3.8) is 0 Å². The van der Waals surface area contributed by atoms with Gasteiger partial charge in [-0.25, -0.2) is 4.98 Å². The van der Waals surface area contributed by atoms with Gasteiger partial charge in [-0.1, -0.05) is 36.7 Å². The summed E-state index contributed by atoms with van der Waals surface area (Å²) in [4.78, 5) is 29.3. The quantitative estimate of drug-likeness (QED) is 0.140. The highest BCUT2D eigenvalue weighted by Crippen LogP contribution is 2.32. The molecule has 186 valence electrons. The van der Waals surface area contributed by atoms with Gasteiger partial charge in [0.15, 0.2) is 5.76 Å². The maximum Gasteiger partial charge on any atom is 0.311 e. The summed E-state index contributed by atoms with van der Waals surface area (Å²) in [6.07, 6.45) is 1.74. The van der Waals surface area contributed by atoms with Crippen molar-refractivity contribution in [2.75, 3.05) is 0 Å². The largest absolute Gasteiger partial charge is 0.483 e. The van der Waals surface area contributed by atoms with E-state index in [4.69, 9.17) is 20.8 Å². The van der Waals surface area contributed by atoms with Crippen molar-refractivity contribution in [1.82, 2.24) is 9.66 Å². The molecule has 0 fully saturated rings. The smallest absolute Gasteiger partial charge is 0.311 e. The second-order valence-electron chi connectivity index (χ2n) is 8.40. The van der Waals surface area contributed by atoms with Crippen LogP contribution in [-0.4, -0.2) is 26.9 Å². The van der Waals surface area contributed by atoms with Crippen LogP contribution >= 0.6 is 11.6 Å².